The van der Waals surface area contributed by atoms with Crippen LogP contribution in [0.4, 0.5) is 0 Å². The van der Waals surface area contributed by atoms with Crippen molar-refractivity contribution in [2.45, 2.75) is 32.5 Å². The van der Waals surface area contributed by atoms with Crippen molar-refractivity contribution in [1.29, 1.82) is 0 Å². The second-order valence-electron chi connectivity index (χ2n) is 5.44. The molecule has 0 aliphatic carbocycles. The molecule has 2 N–H and O–H groups in total. The van der Waals surface area contributed by atoms with Gasteiger partial charge in [0, 0.05) is 19.7 Å². The van der Waals surface area contributed by atoms with E-state index in [1.807, 2.05) is 45.0 Å². The molecule has 1 rings (SSSR count). The van der Waals surface area contributed by atoms with Crippen molar-refractivity contribution < 1.29 is 19.3 Å². The molecule has 0 saturated carbocycles. The Kier molecular flexibility index (Phi) is 7.50. The van der Waals surface area contributed by atoms with Crippen molar-refractivity contribution in [2.24, 2.45) is 0 Å². The lowest BCUT2D eigenvalue weighted by Gasteiger charge is -2.25. The summed E-state index contributed by atoms with van der Waals surface area (Å²) in [5, 5.41) is 13.1. The van der Waals surface area contributed by atoms with Crippen molar-refractivity contribution in [2.75, 3.05) is 33.4 Å². The zero-order chi connectivity index (χ0) is 15.7. The minimum atomic E-state index is -0.590. The van der Waals surface area contributed by atoms with Crippen LogP contribution in [0.5, 0.6) is 11.5 Å². The van der Waals surface area contributed by atoms with Crippen LogP contribution >= 0.6 is 0 Å². The smallest absolute Gasteiger partial charge is 0.161 e. The van der Waals surface area contributed by atoms with E-state index in [1.54, 1.807) is 7.11 Å². The largest absolute Gasteiger partial charge is 0.493 e. The standard InChI is InChI=1S/C16H27NO4/c1-5-21-16(2,3)12-17-10-13(18)11-20-15-9-7-6-8-14(15)19-4/h6-9,13,17-18H,5,10-12H2,1-4H3. The Morgan fingerprint density at radius 3 is 2.52 bits per heavy atom. The van der Waals surface area contributed by atoms with Crippen molar-refractivity contribution in [1.82, 2.24) is 5.32 Å². The van der Waals surface area contributed by atoms with Crippen LogP contribution in [0.2, 0.25) is 0 Å². The van der Waals surface area contributed by atoms with Gasteiger partial charge in [0.15, 0.2) is 11.5 Å². The van der Waals surface area contributed by atoms with Gasteiger partial charge in [-0.3, -0.25) is 0 Å². The molecule has 1 unspecified atom stereocenters. The molecule has 5 nitrogen and oxygen atoms in total. The molecule has 0 aromatic heterocycles. The van der Waals surface area contributed by atoms with Crippen LogP contribution in [-0.4, -0.2) is 50.2 Å². The van der Waals surface area contributed by atoms with E-state index in [-0.39, 0.29) is 12.2 Å². The van der Waals surface area contributed by atoms with E-state index in [9.17, 15) is 5.11 Å². The number of aliphatic hydroxyl groups is 1. The van der Waals surface area contributed by atoms with Gasteiger partial charge in [-0.1, -0.05) is 12.1 Å². The number of para-hydroxylation sites is 2. The number of nitrogens with one attached hydrogen (secondary N) is 1. The minimum absolute atomic E-state index is 0.211. The summed E-state index contributed by atoms with van der Waals surface area (Å²) in [4.78, 5) is 0. The Hall–Kier alpha value is -1.30. The van der Waals surface area contributed by atoms with E-state index in [0.29, 0.717) is 31.2 Å². The number of benzene rings is 1. The number of hydrogen-bond acceptors (Lipinski definition) is 5. The molecule has 0 aliphatic heterocycles. The first-order valence-electron chi connectivity index (χ1n) is 7.27. The lowest BCUT2D eigenvalue weighted by molar-refractivity contribution is -0.0112. The zero-order valence-corrected chi connectivity index (χ0v) is 13.4. The van der Waals surface area contributed by atoms with Crippen LogP contribution in [0.25, 0.3) is 0 Å². The molecule has 0 aliphatic rings. The van der Waals surface area contributed by atoms with Gasteiger partial charge in [-0.15, -0.1) is 0 Å². The summed E-state index contributed by atoms with van der Waals surface area (Å²) >= 11 is 0. The van der Waals surface area contributed by atoms with E-state index in [4.69, 9.17) is 14.2 Å². The monoisotopic (exact) mass is 297 g/mol. The first-order valence-corrected chi connectivity index (χ1v) is 7.27. The lowest BCUT2D eigenvalue weighted by Crippen LogP contribution is -2.41. The summed E-state index contributed by atoms with van der Waals surface area (Å²) in [7, 11) is 1.59. The summed E-state index contributed by atoms with van der Waals surface area (Å²) in [5.74, 6) is 1.30. The Morgan fingerprint density at radius 1 is 1.24 bits per heavy atom. The summed E-state index contributed by atoms with van der Waals surface area (Å²) in [6.45, 7) is 8.01. The van der Waals surface area contributed by atoms with Gasteiger partial charge in [0.05, 0.1) is 12.7 Å². The Labute approximate surface area is 127 Å². The highest BCUT2D eigenvalue weighted by Crippen LogP contribution is 2.25. The quantitative estimate of drug-likeness (QED) is 0.690. The van der Waals surface area contributed by atoms with Crippen molar-refractivity contribution in [3.8, 4) is 11.5 Å². The molecule has 120 valence electrons. The Balaban J connectivity index is 2.29. The topological polar surface area (TPSA) is 60.0 Å². The van der Waals surface area contributed by atoms with Crippen LogP contribution in [0.3, 0.4) is 0 Å². The average molecular weight is 297 g/mol. The summed E-state index contributed by atoms with van der Waals surface area (Å²) in [6.07, 6.45) is -0.590. The van der Waals surface area contributed by atoms with E-state index in [1.165, 1.54) is 0 Å². The van der Waals surface area contributed by atoms with Crippen molar-refractivity contribution in [3.05, 3.63) is 24.3 Å². The number of hydrogen-bond donors (Lipinski definition) is 2. The second kappa shape index (κ2) is 8.87. The van der Waals surface area contributed by atoms with Crippen LogP contribution < -0.4 is 14.8 Å². The molecular formula is C16H27NO4. The van der Waals surface area contributed by atoms with Gasteiger partial charge in [0.25, 0.3) is 0 Å². The maximum Gasteiger partial charge on any atom is 0.161 e. The SMILES string of the molecule is CCOC(C)(C)CNCC(O)COc1ccccc1OC. The fourth-order valence-electron chi connectivity index (χ4n) is 1.96. The molecule has 1 aromatic rings. The van der Waals surface area contributed by atoms with Crippen LogP contribution in [-0.2, 0) is 4.74 Å². The number of rotatable bonds is 10. The Bertz CT molecular complexity index is 409. The summed E-state index contributed by atoms with van der Waals surface area (Å²) in [6, 6.07) is 7.38. The predicted molar refractivity (Wildman–Crippen MR) is 83.1 cm³/mol. The molecule has 0 spiro atoms. The first kappa shape index (κ1) is 17.8. The molecule has 21 heavy (non-hydrogen) atoms. The van der Waals surface area contributed by atoms with Crippen LogP contribution in [0.1, 0.15) is 20.8 Å². The molecule has 0 heterocycles. The maximum absolute atomic E-state index is 9.93. The predicted octanol–water partition coefficient (Wildman–Crippen LogP) is 1.84. The molecular weight excluding hydrogens is 270 g/mol. The molecule has 0 saturated heterocycles. The van der Waals surface area contributed by atoms with E-state index < -0.39 is 6.10 Å². The number of ether oxygens (including phenoxy) is 3. The van der Waals surface area contributed by atoms with Crippen molar-refractivity contribution in [3.63, 3.8) is 0 Å². The van der Waals surface area contributed by atoms with Crippen LogP contribution in [0, 0.1) is 0 Å². The fraction of sp³-hybridized carbons (Fsp3) is 0.625. The molecule has 1 aromatic carbocycles. The summed E-state index contributed by atoms with van der Waals surface area (Å²) < 4.78 is 16.3. The van der Waals surface area contributed by atoms with Crippen molar-refractivity contribution >= 4 is 0 Å². The highest BCUT2D eigenvalue weighted by atomic mass is 16.5. The average Bonchev–Trinajstić information content (AvgIpc) is 2.45. The van der Waals surface area contributed by atoms with Gasteiger partial charge >= 0.3 is 0 Å². The maximum atomic E-state index is 9.93. The molecule has 0 fully saturated rings. The van der Waals surface area contributed by atoms with Gasteiger partial charge in [0.1, 0.15) is 12.7 Å². The molecule has 1 atom stereocenters. The molecule has 0 amide bonds. The third-order valence-corrected chi connectivity index (χ3v) is 2.97. The first-order chi connectivity index (χ1) is 9.98. The van der Waals surface area contributed by atoms with Crippen LogP contribution in [0.15, 0.2) is 24.3 Å². The van der Waals surface area contributed by atoms with E-state index in [2.05, 4.69) is 5.32 Å². The fourth-order valence-corrected chi connectivity index (χ4v) is 1.96. The molecule has 0 bridgehead atoms. The van der Waals surface area contributed by atoms with Gasteiger partial charge in [0.2, 0.25) is 0 Å². The third kappa shape index (κ3) is 6.80. The Morgan fingerprint density at radius 2 is 1.90 bits per heavy atom. The van der Waals surface area contributed by atoms with Gasteiger partial charge in [-0.05, 0) is 32.9 Å². The van der Waals surface area contributed by atoms with Gasteiger partial charge < -0.3 is 24.6 Å². The normalized spacial score (nSPS) is 13.0. The highest BCUT2D eigenvalue weighted by molar-refractivity contribution is 5.39. The van der Waals surface area contributed by atoms with Gasteiger partial charge in [-0.25, -0.2) is 0 Å². The second-order valence-corrected chi connectivity index (χ2v) is 5.44. The summed E-state index contributed by atoms with van der Waals surface area (Å²) in [5.41, 5.74) is -0.238. The molecule has 5 heteroatoms. The number of methoxy groups -OCH3 is 1. The highest BCUT2D eigenvalue weighted by Gasteiger charge is 2.17. The molecule has 0 radical (unpaired) electrons. The number of aliphatic hydroxyl groups excluding tert-OH is 1. The minimum Gasteiger partial charge on any atom is -0.493 e. The van der Waals surface area contributed by atoms with E-state index in [0.717, 1.165) is 0 Å². The van der Waals surface area contributed by atoms with Gasteiger partial charge in [-0.2, -0.15) is 0 Å². The van der Waals surface area contributed by atoms with E-state index >= 15 is 0 Å². The zero-order valence-electron chi connectivity index (χ0n) is 13.4. The third-order valence-electron chi connectivity index (χ3n) is 2.97. The lowest BCUT2D eigenvalue weighted by atomic mass is 10.1.